The number of hydrogen-bond acceptors (Lipinski definition) is 4. The van der Waals surface area contributed by atoms with Gasteiger partial charge in [0.25, 0.3) is 0 Å². The molecule has 1 aliphatic heterocycles. The summed E-state index contributed by atoms with van der Waals surface area (Å²) in [5.74, 6) is -0.995. The Balaban J connectivity index is 1.86. The van der Waals surface area contributed by atoms with Gasteiger partial charge in [-0.05, 0) is 49.6 Å². The van der Waals surface area contributed by atoms with Gasteiger partial charge in [0.15, 0.2) is 0 Å². The molecule has 2 atom stereocenters. The minimum Gasteiger partial charge on any atom is -0.481 e. The lowest BCUT2D eigenvalue weighted by Gasteiger charge is -2.36. The van der Waals surface area contributed by atoms with Gasteiger partial charge in [0.2, 0.25) is 0 Å². The third-order valence-corrected chi connectivity index (χ3v) is 4.97. The van der Waals surface area contributed by atoms with Crippen molar-refractivity contribution in [3.63, 3.8) is 0 Å². The van der Waals surface area contributed by atoms with Crippen LogP contribution in [0.2, 0.25) is 0 Å². The molecule has 0 aliphatic carbocycles. The molecule has 1 fully saturated rings. The number of aliphatic carboxylic acids is 1. The minimum absolute atomic E-state index is 0.0583. The zero-order valence-corrected chi connectivity index (χ0v) is 14.6. The van der Waals surface area contributed by atoms with Gasteiger partial charge in [-0.2, -0.15) is 0 Å². The second kappa shape index (κ2) is 8.21. The highest BCUT2D eigenvalue weighted by atomic mass is 16.4. The number of pyridine rings is 2. The predicted octanol–water partition coefficient (Wildman–Crippen LogP) is 3.12. The predicted molar refractivity (Wildman–Crippen MR) is 96.2 cm³/mol. The van der Waals surface area contributed by atoms with Crippen LogP contribution in [-0.2, 0) is 17.6 Å². The molecule has 1 saturated heterocycles. The van der Waals surface area contributed by atoms with Crippen molar-refractivity contribution in [1.82, 2.24) is 14.9 Å². The van der Waals surface area contributed by atoms with Crippen LogP contribution in [0.5, 0.6) is 0 Å². The number of piperidine rings is 1. The first kappa shape index (κ1) is 17.5. The van der Waals surface area contributed by atoms with Crippen LogP contribution in [0, 0.1) is 5.92 Å². The fourth-order valence-electron chi connectivity index (χ4n) is 3.47. The summed E-state index contributed by atoms with van der Waals surface area (Å²) in [5.41, 5.74) is 3.21. The SMILES string of the molecule is CCc1ccc(C(Cc2ccccn2)N2CCCC(C(=O)O)C2)nc1. The van der Waals surface area contributed by atoms with Crippen molar-refractivity contribution in [2.24, 2.45) is 5.92 Å². The third-order valence-electron chi connectivity index (χ3n) is 4.97. The Morgan fingerprint density at radius 2 is 2.20 bits per heavy atom. The first-order chi connectivity index (χ1) is 12.2. The van der Waals surface area contributed by atoms with Gasteiger partial charge in [0.1, 0.15) is 0 Å². The molecule has 5 nitrogen and oxygen atoms in total. The largest absolute Gasteiger partial charge is 0.481 e. The third kappa shape index (κ3) is 4.42. The molecular weight excluding hydrogens is 314 g/mol. The molecule has 132 valence electrons. The number of nitrogens with zero attached hydrogens (tertiary/aromatic N) is 3. The van der Waals surface area contributed by atoms with E-state index in [2.05, 4.69) is 33.9 Å². The lowest BCUT2D eigenvalue weighted by molar-refractivity contribution is -0.144. The van der Waals surface area contributed by atoms with E-state index in [9.17, 15) is 9.90 Å². The molecule has 1 aliphatic rings. The van der Waals surface area contributed by atoms with E-state index in [4.69, 9.17) is 0 Å². The molecule has 0 spiro atoms. The first-order valence-corrected chi connectivity index (χ1v) is 8.99. The zero-order valence-electron chi connectivity index (χ0n) is 14.6. The molecule has 3 rings (SSSR count). The lowest BCUT2D eigenvalue weighted by atomic mass is 9.94. The topological polar surface area (TPSA) is 66.3 Å². The summed E-state index contributed by atoms with van der Waals surface area (Å²) in [6.45, 7) is 3.59. The fraction of sp³-hybridized carbons (Fsp3) is 0.450. The van der Waals surface area contributed by atoms with Crippen molar-refractivity contribution in [2.45, 2.75) is 38.6 Å². The van der Waals surface area contributed by atoms with Gasteiger partial charge >= 0.3 is 5.97 Å². The highest BCUT2D eigenvalue weighted by Gasteiger charge is 2.31. The standard InChI is InChI=1S/C20H25N3O2/c1-2-15-8-9-18(22-13-15)19(12-17-7-3-4-10-21-17)23-11-5-6-16(14-23)20(24)25/h3-4,7-10,13,16,19H,2,5-6,11-12,14H2,1H3,(H,24,25). The highest BCUT2D eigenvalue weighted by molar-refractivity contribution is 5.70. The summed E-state index contributed by atoms with van der Waals surface area (Å²) in [4.78, 5) is 22.8. The van der Waals surface area contributed by atoms with E-state index in [1.807, 2.05) is 24.4 Å². The van der Waals surface area contributed by atoms with Crippen LogP contribution in [0.3, 0.4) is 0 Å². The van der Waals surface area contributed by atoms with Crippen LogP contribution in [-0.4, -0.2) is 39.0 Å². The second-order valence-corrected chi connectivity index (χ2v) is 6.66. The average Bonchev–Trinajstić information content (AvgIpc) is 2.67. The summed E-state index contributed by atoms with van der Waals surface area (Å²) in [5, 5.41) is 9.41. The number of carboxylic acid groups (broad SMARTS) is 1. The Hall–Kier alpha value is -2.27. The van der Waals surface area contributed by atoms with Crippen molar-refractivity contribution < 1.29 is 9.90 Å². The monoisotopic (exact) mass is 339 g/mol. The molecule has 3 heterocycles. The van der Waals surface area contributed by atoms with Gasteiger partial charge in [0.05, 0.1) is 17.7 Å². The molecule has 2 aromatic heterocycles. The molecule has 5 heteroatoms. The van der Waals surface area contributed by atoms with Gasteiger partial charge in [-0.3, -0.25) is 19.7 Å². The lowest BCUT2D eigenvalue weighted by Crippen LogP contribution is -2.41. The van der Waals surface area contributed by atoms with E-state index in [1.165, 1.54) is 5.56 Å². The fourth-order valence-corrected chi connectivity index (χ4v) is 3.47. The van der Waals surface area contributed by atoms with E-state index in [0.29, 0.717) is 6.54 Å². The maximum Gasteiger partial charge on any atom is 0.307 e. The van der Waals surface area contributed by atoms with E-state index in [0.717, 1.165) is 43.6 Å². The van der Waals surface area contributed by atoms with Crippen molar-refractivity contribution in [3.8, 4) is 0 Å². The average molecular weight is 339 g/mol. The summed E-state index contributed by atoms with van der Waals surface area (Å²) in [6, 6.07) is 10.2. The number of carbonyl (C=O) groups is 1. The van der Waals surface area contributed by atoms with E-state index >= 15 is 0 Å². The molecule has 0 radical (unpaired) electrons. The Labute approximate surface area is 148 Å². The van der Waals surface area contributed by atoms with Crippen LogP contribution >= 0.6 is 0 Å². The van der Waals surface area contributed by atoms with Gasteiger partial charge in [-0.25, -0.2) is 0 Å². The molecular formula is C20H25N3O2. The van der Waals surface area contributed by atoms with Crippen LogP contribution in [0.25, 0.3) is 0 Å². The summed E-state index contributed by atoms with van der Waals surface area (Å²) in [7, 11) is 0. The maximum absolute atomic E-state index is 11.4. The Morgan fingerprint density at radius 3 is 2.84 bits per heavy atom. The van der Waals surface area contributed by atoms with Crippen molar-refractivity contribution in [1.29, 1.82) is 0 Å². The molecule has 0 amide bonds. The number of carboxylic acids is 1. The van der Waals surface area contributed by atoms with Crippen molar-refractivity contribution in [2.75, 3.05) is 13.1 Å². The van der Waals surface area contributed by atoms with Gasteiger partial charge < -0.3 is 5.11 Å². The molecule has 1 N–H and O–H groups in total. The number of aromatic nitrogens is 2. The summed E-state index contributed by atoms with van der Waals surface area (Å²) in [6.07, 6.45) is 7.09. The molecule has 0 saturated carbocycles. The highest BCUT2D eigenvalue weighted by Crippen LogP contribution is 2.29. The van der Waals surface area contributed by atoms with Crippen LogP contribution in [0.4, 0.5) is 0 Å². The number of rotatable bonds is 6. The minimum atomic E-state index is -0.699. The van der Waals surface area contributed by atoms with Gasteiger partial charge in [-0.15, -0.1) is 0 Å². The second-order valence-electron chi connectivity index (χ2n) is 6.66. The number of likely N-dealkylation sites (tertiary alicyclic amines) is 1. The van der Waals surface area contributed by atoms with E-state index in [-0.39, 0.29) is 12.0 Å². The molecule has 25 heavy (non-hydrogen) atoms. The molecule has 0 bridgehead atoms. The zero-order chi connectivity index (χ0) is 17.6. The Bertz CT molecular complexity index is 688. The van der Waals surface area contributed by atoms with Crippen molar-refractivity contribution in [3.05, 3.63) is 59.7 Å². The molecule has 2 aromatic rings. The number of hydrogen-bond donors (Lipinski definition) is 1. The van der Waals surface area contributed by atoms with Crippen LogP contribution in [0.1, 0.15) is 42.8 Å². The quantitative estimate of drug-likeness (QED) is 0.876. The smallest absolute Gasteiger partial charge is 0.307 e. The maximum atomic E-state index is 11.4. The number of aryl methyl sites for hydroxylation is 1. The van der Waals surface area contributed by atoms with Crippen LogP contribution in [0.15, 0.2) is 42.7 Å². The summed E-state index contributed by atoms with van der Waals surface area (Å²) < 4.78 is 0. The van der Waals surface area contributed by atoms with Gasteiger partial charge in [-0.1, -0.05) is 19.1 Å². The Morgan fingerprint density at radius 1 is 1.32 bits per heavy atom. The first-order valence-electron chi connectivity index (χ1n) is 8.99. The normalized spacial score (nSPS) is 19.5. The van der Waals surface area contributed by atoms with Crippen molar-refractivity contribution >= 4 is 5.97 Å². The van der Waals surface area contributed by atoms with E-state index in [1.54, 1.807) is 6.20 Å². The summed E-state index contributed by atoms with van der Waals surface area (Å²) >= 11 is 0. The molecule has 2 unspecified atom stereocenters. The van der Waals surface area contributed by atoms with Gasteiger partial charge in [0, 0.05) is 31.1 Å². The van der Waals surface area contributed by atoms with Crippen LogP contribution < -0.4 is 0 Å². The molecule has 0 aromatic carbocycles. The van der Waals surface area contributed by atoms with E-state index < -0.39 is 5.97 Å². The Kier molecular flexibility index (Phi) is 5.76.